The van der Waals surface area contributed by atoms with Crippen molar-refractivity contribution in [1.82, 2.24) is 5.32 Å². The van der Waals surface area contributed by atoms with Crippen LogP contribution in [0.3, 0.4) is 0 Å². The molecule has 0 saturated heterocycles. The molecule has 1 amide bonds. The zero-order valence-electron chi connectivity index (χ0n) is 15.0. The van der Waals surface area contributed by atoms with Crippen molar-refractivity contribution in [3.63, 3.8) is 0 Å². The Bertz CT molecular complexity index is 754. The van der Waals surface area contributed by atoms with E-state index >= 15 is 0 Å². The van der Waals surface area contributed by atoms with Crippen molar-refractivity contribution < 1.29 is 27.4 Å². The summed E-state index contributed by atoms with van der Waals surface area (Å²) in [5.41, 5.74) is 1.34. The fourth-order valence-electron chi connectivity index (χ4n) is 2.40. The number of nitrogens with one attached hydrogen (secondary N) is 2. The molecule has 0 aromatic heterocycles. The number of hydrogen-bond donors (Lipinski definition) is 2. The highest BCUT2D eigenvalue weighted by molar-refractivity contribution is 5.84. The number of hydrogen-bond acceptors (Lipinski definition) is 4. The Morgan fingerprint density at radius 1 is 1.11 bits per heavy atom. The Labute approximate surface area is 155 Å². The molecule has 2 N–H and O–H groups in total. The molecule has 0 fully saturated rings. The smallest absolute Gasteiger partial charge is 0.387 e. The summed E-state index contributed by atoms with van der Waals surface area (Å²) < 4.78 is 47.2. The Morgan fingerprint density at radius 2 is 1.81 bits per heavy atom. The van der Waals surface area contributed by atoms with Crippen molar-refractivity contribution >= 4 is 11.6 Å². The largest absolute Gasteiger partial charge is 0.493 e. The first-order valence-corrected chi connectivity index (χ1v) is 8.30. The van der Waals surface area contributed by atoms with Crippen molar-refractivity contribution in [2.75, 3.05) is 19.0 Å². The van der Waals surface area contributed by atoms with Gasteiger partial charge in [0.1, 0.15) is 11.9 Å². The lowest BCUT2D eigenvalue weighted by Gasteiger charge is -2.17. The summed E-state index contributed by atoms with van der Waals surface area (Å²) in [6, 6.07) is 9.85. The molecule has 5 nitrogen and oxygen atoms in total. The maximum absolute atomic E-state index is 12.9. The fourth-order valence-corrected chi connectivity index (χ4v) is 2.40. The van der Waals surface area contributed by atoms with Crippen LogP contribution in [0.15, 0.2) is 42.5 Å². The summed E-state index contributed by atoms with van der Waals surface area (Å²) >= 11 is 0. The third-order valence-corrected chi connectivity index (χ3v) is 3.78. The van der Waals surface area contributed by atoms with Gasteiger partial charge in [-0.15, -0.1) is 0 Å². The van der Waals surface area contributed by atoms with E-state index in [1.54, 1.807) is 25.1 Å². The zero-order chi connectivity index (χ0) is 19.8. The Morgan fingerprint density at radius 3 is 2.44 bits per heavy atom. The lowest BCUT2D eigenvalue weighted by Crippen LogP contribution is -2.38. The topological polar surface area (TPSA) is 59.6 Å². The number of ether oxygens (including phenoxy) is 2. The van der Waals surface area contributed by atoms with Crippen molar-refractivity contribution in [3.05, 3.63) is 53.8 Å². The lowest BCUT2D eigenvalue weighted by atomic mass is 10.1. The average molecular weight is 382 g/mol. The van der Waals surface area contributed by atoms with Crippen LogP contribution in [0.5, 0.6) is 11.5 Å². The van der Waals surface area contributed by atoms with E-state index in [9.17, 15) is 18.0 Å². The molecule has 2 aromatic carbocycles. The molecule has 0 radical (unpaired) electrons. The van der Waals surface area contributed by atoms with Crippen LogP contribution in [0.1, 0.15) is 12.5 Å². The van der Waals surface area contributed by atoms with Gasteiger partial charge in [-0.05, 0) is 43.2 Å². The minimum absolute atomic E-state index is 0.124. The SMILES string of the molecule is COc1ccc(NC(C)C(=O)NCCc2ccc(F)cc2)cc1OC(F)F. The summed E-state index contributed by atoms with van der Waals surface area (Å²) in [5.74, 6) is -0.529. The van der Waals surface area contributed by atoms with E-state index in [0.717, 1.165) is 5.56 Å². The van der Waals surface area contributed by atoms with Gasteiger partial charge in [-0.2, -0.15) is 8.78 Å². The van der Waals surface area contributed by atoms with E-state index in [1.165, 1.54) is 31.4 Å². The molecule has 146 valence electrons. The summed E-state index contributed by atoms with van der Waals surface area (Å²) in [7, 11) is 1.35. The van der Waals surface area contributed by atoms with Crippen LogP contribution in [0.2, 0.25) is 0 Å². The standard InChI is InChI=1S/C19H21F3N2O3/c1-12(18(25)23-10-9-13-3-5-14(20)6-4-13)24-15-7-8-16(26-2)17(11-15)27-19(21)22/h3-8,11-12,19,24H,9-10H2,1-2H3,(H,23,25). The van der Waals surface area contributed by atoms with Crippen LogP contribution in [0.25, 0.3) is 0 Å². The van der Waals surface area contributed by atoms with Gasteiger partial charge in [-0.25, -0.2) is 4.39 Å². The van der Waals surface area contributed by atoms with E-state index in [0.29, 0.717) is 18.7 Å². The number of amides is 1. The van der Waals surface area contributed by atoms with E-state index in [4.69, 9.17) is 4.74 Å². The highest BCUT2D eigenvalue weighted by atomic mass is 19.3. The van der Waals surface area contributed by atoms with Gasteiger partial charge in [0.2, 0.25) is 5.91 Å². The molecule has 0 bridgehead atoms. The number of benzene rings is 2. The van der Waals surface area contributed by atoms with Gasteiger partial charge in [-0.3, -0.25) is 4.79 Å². The second-order valence-electron chi connectivity index (χ2n) is 5.78. The molecule has 0 spiro atoms. The molecule has 0 aliphatic carbocycles. The second kappa shape index (κ2) is 9.70. The first kappa shape index (κ1) is 20.4. The van der Waals surface area contributed by atoms with Gasteiger partial charge in [-0.1, -0.05) is 12.1 Å². The highest BCUT2D eigenvalue weighted by Gasteiger charge is 2.15. The molecule has 8 heteroatoms. The maximum Gasteiger partial charge on any atom is 0.387 e. The molecular formula is C19H21F3N2O3. The van der Waals surface area contributed by atoms with Crippen LogP contribution < -0.4 is 20.1 Å². The van der Waals surface area contributed by atoms with Crippen molar-refractivity contribution in [3.8, 4) is 11.5 Å². The second-order valence-corrected chi connectivity index (χ2v) is 5.78. The number of carbonyl (C=O) groups is 1. The molecular weight excluding hydrogens is 361 g/mol. The van der Waals surface area contributed by atoms with Gasteiger partial charge in [0.05, 0.1) is 7.11 Å². The number of anilines is 1. The van der Waals surface area contributed by atoms with Crippen LogP contribution >= 0.6 is 0 Å². The average Bonchev–Trinajstić information content (AvgIpc) is 2.63. The Kier molecular flexibility index (Phi) is 7.34. The van der Waals surface area contributed by atoms with Crippen molar-refractivity contribution in [2.45, 2.75) is 26.0 Å². The van der Waals surface area contributed by atoms with Gasteiger partial charge >= 0.3 is 6.61 Å². The Balaban J connectivity index is 1.88. The van der Waals surface area contributed by atoms with E-state index in [-0.39, 0.29) is 23.2 Å². The number of carbonyl (C=O) groups excluding carboxylic acids is 1. The first-order chi connectivity index (χ1) is 12.9. The Hall–Kier alpha value is -2.90. The van der Waals surface area contributed by atoms with E-state index in [1.807, 2.05) is 0 Å². The van der Waals surface area contributed by atoms with Crippen LogP contribution in [0.4, 0.5) is 18.9 Å². The summed E-state index contributed by atoms with van der Waals surface area (Å²) in [6.45, 7) is -0.953. The third kappa shape index (κ3) is 6.40. The zero-order valence-corrected chi connectivity index (χ0v) is 15.0. The molecule has 27 heavy (non-hydrogen) atoms. The molecule has 0 aliphatic heterocycles. The number of rotatable bonds is 9. The quantitative estimate of drug-likeness (QED) is 0.696. The number of methoxy groups -OCH3 is 1. The molecule has 2 rings (SSSR count). The van der Waals surface area contributed by atoms with Crippen LogP contribution in [0, 0.1) is 5.82 Å². The summed E-state index contributed by atoms with van der Waals surface area (Å²) in [6.07, 6.45) is 0.563. The molecule has 1 unspecified atom stereocenters. The summed E-state index contributed by atoms with van der Waals surface area (Å²) in [4.78, 5) is 12.2. The normalized spacial score (nSPS) is 11.8. The maximum atomic E-state index is 12.9. The summed E-state index contributed by atoms with van der Waals surface area (Å²) in [5, 5.41) is 5.68. The molecule has 0 aliphatic rings. The van der Waals surface area contributed by atoms with Crippen molar-refractivity contribution in [2.24, 2.45) is 0 Å². The number of halogens is 3. The third-order valence-electron chi connectivity index (χ3n) is 3.78. The monoisotopic (exact) mass is 382 g/mol. The number of alkyl halides is 2. The minimum atomic E-state index is -2.98. The van der Waals surface area contributed by atoms with Gasteiger partial charge in [0.25, 0.3) is 0 Å². The van der Waals surface area contributed by atoms with E-state index in [2.05, 4.69) is 15.4 Å². The highest BCUT2D eigenvalue weighted by Crippen LogP contribution is 2.31. The predicted molar refractivity (Wildman–Crippen MR) is 95.8 cm³/mol. The first-order valence-electron chi connectivity index (χ1n) is 8.30. The van der Waals surface area contributed by atoms with Crippen LogP contribution in [-0.2, 0) is 11.2 Å². The minimum Gasteiger partial charge on any atom is -0.493 e. The van der Waals surface area contributed by atoms with Gasteiger partial charge in [0, 0.05) is 18.3 Å². The van der Waals surface area contributed by atoms with E-state index < -0.39 is 12.7 Å². The van der Waals surface area contributed by atoms with Gasteiger partial charge < -0.3 is 20.1 Å². The molecule has 0 heterocycles. The molecule has 1 atom stereocenters. The lowest BCUT2D eigenvalue weighted by molar-refractivity contribution is -0.121. The van der Waals surface area contributed by atoms with Crippen molar-refractivity contribution in [1.29, 1.82) is 0 Å². The predicted octanol–water partition coefficient (Wildman–Crippen LogP) is 3.60. The van der Waals surface area contributed by atoms with Gasteiger partial charge in [0.15, 0.2) is 11.5 Å². The fraction of sp³-hybridized carbons (Fsp3) is 0.316. The molecule has 2 aromatic rings. The van der Waals surface area contributed by atoms with Crippen LogP contribution in [-0.4, -0.2) is 32.2 Å². The molecule has 0 saturated carbocycles.